The molecular weight excluding hydrogens is 326 g/mol. The van der Waals surface area contributed by atoms with Gasteiger partial charge in [0.25, 0.3) is 0 Å². The van der Waals surface area contributed by atoms with E-state index < -0.39 is 0 Å². The van der Waals surface area contributed by atoms with Crippen LogP contribution in [0.1, 0.15) is 40.7 Å². The number of rotatable bonds is 5. The maximum Gasteiger partial charge on any atom is 0.153 e. The zero-order chi connectivity index (χ0) is 14.0. The number of nitrogens with zero attached hydrogens (tertiary/aromatic N) is 4. The molecule has 1 atom stereocenters. The Hall–Kier alpha value is -0.790. The van der Waals surface area contributed by atoms with Crippen LogP contribution in [-0.4, -0.2) is 26.5 Å². The molecule has 2 heterocycles. The van der Waals surface area contributed by atoms with E-state index in [1.54, 1.807) is 11.3 Å². The van der Waals surface area contributed by atoms with E-state index in [1.807, 2.05) is 18.7 Å². The molecule has 0 aliphatic heterocycles. The fourth-order valence-corrected chi connectivity index (χ4v) is 3.63. The van der Waals surface area contributed by atoms with E-state index in [4.69, 9.17) is 0 Å². The van der Waals surface area contributed by atoms with Crippen LogP contribution in [0.2, 0.25) is 0 Å². The molecule has 19 heavy (non-hydrogen) atoms. The van der Waals surface area contributed by atoms with Crippen LogP contribution in [0.5, 0.6) is 0 Å². The van der Waals surface area contributed by atoms with E-state index in [-0.39, 0.29) is 6.04 Å². The third-order valence-electron chi connectivity index (χ3n) is 2.90. The highest BCUT2D eigenvalue weighted by atomic mass is 79.9. The number of halogens is 1. The Morgan fingerprint density at radius 2 is 2.16 bits per heavy atom. The van der Waals surface area contributed by atoms with Gasteiger partial charge in [0.15, 0.2) is 4.60 Å². The molecule has 1 N–H and O–H groups in total. The predicted octanol–water partition coefficient (Wildman–Crippen LogP) is 2.74. The van der Waals surface area contributed by atoms with Gasteiger partial charge in [-0.15, -0.1) is 16.4 Å². The van der Waals surface area contributed by atoms with Crippen molar-refractivity contribution in [1.29, 1.82) is 0 Å². The number of aromatic nitrogens is 4. The van der Waals surface area contributed by atoms with Crippen molar-refractivity contribution in [2.24, 2.45) is 7.05 Å². The molecular formula is C12H18BrN5S. The lowest BCUT2D eigenvalue weighted by Crippen LogP contribution is -2.25. The second-order valence-corrected chi connectivity index (χ2v) is 6.44. The monoisotopic (exact) mass is 343 g/mol. The molecule has 0 radical (unpaired) electrons. The maximum atomic E-state index is 4.52. The van der Waals surface area contributed by atoms with E-state index >= 15 is 0 Å². The molecule has 2 aromatic rings. The van der Waals surface area contributed by atoms with Crippen LogP contribution >= 0.6 is 27.3 Å². The number of thiazole rings is 1. The van der Waals surface area contributed by atoms with Crippen LogP contribution in [0.4, 0.5) is 0 Å². The molecule has 2 aromatic heterocycles. The van der Waals surface area contributed by atoms with Gasteiger partial charge in [-0.25, -0.2) is 9.67 Å². The molecule has 0 saturated carbocycles. The first-order valence-electron chi connectivity index (χ1n) is 6.27. The van der Waals surface area contributed by atoms with Gasteiger partial charge in [0, 0.05) is 7.05 Å². The van der Waals surface area contributed by atoms with E-state index in [1.165, 1.54) is 4.88 Å². The summed E-state index contributed by atoms with van der Waals surface area (Å²) in [6.45, 7) is 7.19. The molecule has 0 aliphatic rings. The third-order valence-corrected chi connectivity index (χ3v) is 4.60. The molecule has 0 saturated heterocycles. The highest BCUT2D eigenvalue weighted by molar-refractivity contribution is 9.10. The van der Waals surface area contributed by atoms with Gasteiger partial charge in [-0.1, -0.05) is 12.1 Å². The number of aryl methyl sites for hydroxylation is 3. The van der Waals surface area contributed by atoms with Gasteiger partial charge in [-0.3, -0.25) is 0 Å². The topological polar surface area (TPSA) is 55.6 Å². The van der Waals surface area contributed by atoms with Gasteiger partial charge in [-0.2, -0.15) is 0 Å². The van der Waals surface area contributed by atoms with E-state index in [2.05, 4.69) is 50.4 Å². The standard InChI is InChI=1S/C12H18BrN5S/c1-5-6-14-9(10-12(13)16-17-18(10)4)11-7(2)15-8(3)19-11/h9,14H,5-6H2,1-4H3. The molecule has 0 spiro atoms. The summed E-state index contributed by atoms with van der Waals surface area (Å²) in [7, 11) is 1.91. The van der Waals surface area contributed by atoms with Gasteiger partial charge < -0.3 is 5.32 Å². The minimum absolute atomic E-state index is 0.0838. The first kappa shape index (κ1) is 14.6. The first-order valence-corrected chi connectivity index (χ1v) is 7.88. The Morgan fingerprint density at radius 3 is 2.63 bits per heavy atom. The molecule has 1 unspecified atom stereocenters. The molecule has 0 fully saturated rings. The summed E-state index contributed by atoms with van der Waals surface area (Å²) in [5.41, 5.74) is 2.12. The van der Waals surface area contributed by atoms with Crippen LogP contribution in [0.15, 0.2) is 4.60 Å². The second kappa shape index (κ2) is 6.11. The minimum Gasteiger partial charge on any atom is -0.304 e. The van der Waals surface area contributed by atoms with Crippen molar-refractivity contribution >= 4 is 27.3 Å². The summed E-state index contributed by atoms with van der Waals surface area (Å²) >= 11 is 5.21. The van der Waals surface area contributed by atoms with E-state index in [0.717, 1.165) is 34.0 Å². The number of hydrogen-bond acceptors (Lipinski definition) is 5. The van der Waals surface area contributed by atoms with Crippen molar-refractivity contribution in [1.82, 2.24) is 25.3 Å². The molecule has 5 nitrogen and oxygen atoms in total. The van der Waals surface area contributed by atoms with Gasteiger partial charge in [0.2, 0.25) is 0 Å². The number of nitrogens with one attached hydrogen (secondary N) is 1. The van der Waals surface area contributed by atoms with Crippen LogP contribution < -0.4 is 5.32 Å². The summed E-state index contributed by atoms with van der Waals surface area (Å²) in [6.07, 6.45) is 1.08. The maximum absolute atomic E-state index is 4.52. The van der Waals surface area contributed by atoms with Crippen LogP contribution in [-0.2, 0) is 7.05 Å². The Balaban J connectivity index is 2.44. The lowest BCUT2D eigenvalue weighted by molar-refractivity contribution is 0.553. The lowest BCUT2D eigenvalue weighted by Gasteiger charge is -2.18. The highest BCUT2D eigenvalue weighted by Gasteiger charge is 2.25. The molecule has 0 bridgehead atoms. The predicted molar refractivity (Wildman–Crippen MR) is 80.4 cm³/mol. The fourth-order valence-electron chi connectivity index (χ4n) is 2.06. The van der Waals surface area contributed by atoms with Crippen LogP contribution in [0.25, 0.3) is 0 Å². The Morgan fingerprint density at radius 1 is 1.42 bits per heavy atom. The van der Waals surface area contributed by atoms with Crippen molar-refractivity contribution in [3.63, 3.8) is 0 Å². The van der Waals surface area contributed by atoms with Gasteiger partial charge in [0.1, 0.15) is 0 Å². The molecule has 0 aromatic carbocycles. The Kier molecular flexibility index (Phi) is 4.70. The van der Waals surface area contributed by atoms with Crippen molar-refractivity contribution in [2.45, 2.75) is 33.2 Å². The van der Waals surface area contributed by atoms with Crippen molar-refractivity contribution < 1.29 is 0 Å². The Bertz CT molecular complexity index is 543. The quantitative estimate of drug-likeness (QED) is 0.906. The third kappa shape index (κ3) is 3.04. The molecule has 7 heteroatoms. The van der Waals surface area contributed by atoms with E-state index in [9.17, 15) is 0 Å². The summed E-state index contributed by atoms with van der Waals surface area (Å²) in [5, 5.41) is 12.8. The molecule has 0 amide bonds. The summed E-state index contributed by atoms with van der Waals surface area (Å²) in [5.74, 6) is 0. The summed E-state index contributed by atoms with van der Waals surface area (Å²) in [6, 6.07) is 0.0838. The summed E-state index contributed by atoms with van der Waals surface area (Å²) in [4.78, 5) is 5.76. The SMILES string of the molecule is CCCNC(c1sc(C)nc1C)c1c(Br)nnn1C. The van der Waals surface area contributed by atoms with Crippen molar-refractivity contribution in [3.8, 4) is 0 Å². The number of hydrogen-bond donors (Lipinski definition) is 1. The second-order valence-electron chi connectivity index (χ2n) is 4.46. The Labute approximate surface area is 125 Å². The zero-order valence-electron chi connectivity index (χ0n) is 11.6. The zero-order valence-corrected chi connectivity index (χ0v) is 14.0. The fraction of sp³-hybridized carbons (Fsp3) is 0.583. The summed E-state index contributed by atoms with van der Waals surface area (Å²) < 4.78 is 2.60. The van der Waals surface area contributed by atoms with E-state index in [0.29, 0.717) is 0 Å². The average Bonchev–Trinajstić information content (AvgIpc) is 2.85. The van der Waals surface area contributed by atoms with Crippen molar-refractivity contribution in [3.05, 3.63) is 25.9 Å². The van der Waals surface area contributed by atoms with Crippen LogP contribution in [0.3, 0.4) is 0 Å². The van der Waals surface area contributed by atoms with Gasteiger partial charge in [-0.05, 0) is 42.7 Å². The minimum atomic E-state index is 0.0838. The highest BCUT2D eigenvalue weighted by Crippen LogP contribution is 2.32. The molecule has 2 rings (SSSR count). The van der Waals surface area contributed by atoms with Crippen molar-refractivity contribution in [2.75, 3.05) is 6.54 Å². The molecule has 0 aliphatic carbocycles. The van der Waals surface area contributed by atoms with Gasteiger partial charge in [0.05, 0.1) is 27.3 Å². The van der Waals surface area contributed by atoms with Gasteiger partial charge >= 0.3 is 0 Å². The lowest BCUT2D eigenvalue weighted by atomic mass is 10.1. The van der Waals surface area contributed by atoms with Crippen LogP contribution in [0, 0.1) is 13.8 Å². The first-order chi connectivity index (χ1) is 9.04. The molecule has 104 valence electrons. The normalized spacial score (nSPS) is 12.9. The largest absolute Gasteiger partial charge is 0.304 e. The average molecular weight is 344 g/mol. The smallest absolute Gasteiger partial charge is 0.153 e.